The molecule has 1 N–H and O–H groups in total. The molecule has 2 aromatic rings. The zero-order chi connectivity index (χ0) is 23.5. The van der Waals surface area contributed by atoms with Crippen molar-refractivity contribution < 1.29 is 17.9 Å². The van der Waals surface area contributed by atoms with Gasteiger partial charge in [-0.2, -0.15) is 0 Å². The van der Waals surface area contributed by atoms with Crippen LogP contribution < -0.4 is 4.72 Å². The van der Waals surface area contributed by atoms with Gasteiger partial charge in [0.15, 0.2) is 0 Å². The molecule has 0 spiro atoms. The molecule has 2 atom stereocenters. The van der Waals surface area contributed by atoms with Crippen LogP contribution in [0.5, 0.6) is 0 Å². The molecule has 0 aromatic heterocycles. The molecule has 1 saturated heterocycles. The van der Waals surface area contributed by atoms with E-state index in [4.69, 9.17) is 4.74 Å². The lowest BCUT2D eigenvalue weighted by Crippen LogP contribution is -2.54. The molecule has 0 radical (unpaired) electrons. The molecule has 1 fully saturated rings. The van der Waals surface area contributed by atoms with Gasteiger partial charge < -0.3 is 9.64 Å². The number of ether oxygens (including phenoxy) is 1. The van der Waals surface area contributed by atoms with Crippen molar-refractivity contribution in [1.82, 2.24) is 9.62 Å². The number of rotatable bonds is 5. The molecule has 0 saturated carbocycles. The van der Waals surface area contributed by atoms with Crippen molar-refractivity contribution in [2.75, 3.05) is 13.1 Å². The minimum atomic E-state index is -3.50. The Hall–Kier alpha value is -2.38. The molecule has 7 heteroatoms. The molecule has 3 rings (SSSR count). The molecule has 0 unspecified atom stereocenters. The minimum Gasteiger partial charge on any atom is -0.444 e. The number of amides is 1. The summed E-state index contributed by atoms with van der Waals surface area (Å²) in [6.45, 7) is 9.56. The second kappa shape index (κ2) is 9.63. The van der Waals surface area contributed by atoms with Crippen LogP contribution in [-0.4, -0.2) is 49.4 Å². The van der Waals surface area contributed by atoms with Crippen LogP contribution >= 0.6 is 0 Å². The van der Waals surface area contributed by atoms with Gasteiger partial charge in [0, 0.05) is 25.0 Å². The first-order valence-corrected chi connectivity index (χ1v) is 12.7. The number of hydrogen-bond donors (Lipinski definition) is 1. The third kappa shape index (κ3) is 6.11. The number of sulfonamides is 1. The SMILES string of the molecule is CC(C)S(=O)(=O)N[C@H]1CN(C(=O)OC(C)(C)C)CC[C@@H]1c1ccc(-c2ccccc2)cc1. The zero-order valence-electron chi connectivity index (χ0n) is 19.5. The van der Waals surface area contributed by atoms with Gasteiger partial charge in [-0.15, -0.1) is 0 Å². The second-order valence-corrected chi connectivity index (χ2v) is 11.9. The first kappa shape index (κ1) is 24.3. The Morgan fingerprint density at radius 2 is 1.62 bits per heavy atom. The monoisotopic (exact) mass is 458 g/mol. The summed E-state index contributed by atoms with van der Waals surface area (Å²) in [5.74, 6) is -0.0352. The normalized spacial score (nSPS) is 19.8. The van der Waals surface area contributed by atoms with Crippen LogP contribution in [0.25, 0.3) is 11.1 Å². The molecule has 6 nitrogen and oxygen atoms in total. The summed E-state index contributed by atoms with van der Waals surface area (Å²) >= 11 is 0. The highest BCUT2D eigenvalue weighted by atomic mass is 32.2. The molecule has 174 valence electrons. The number of carbonyl (C=O) groups is 1. The quantitative estimate of drug-likeness (QED) is 0.700. The fourth-order valence-electron chi connectivity index (χ4n) is 3.86. The summed E-state index contributed by atoms with van der Waals surface area (Å²) in [4.78, 5) is 14.2. The zero-order valence-corrected chi connectivity index (χ0v) is 20.4. The number of nitrogens with one attached hydrogen (secondary N) is 1. The Kier molecular flexibility index (Phi) is 7.30. The van der Waals surface area contributed by atoms with E-state index in [9.17, 15) is 13.2 Å². The lowest BCUT2D eigenvalue weighted by atomic mass is 9.85. The summed E-state index contributed by atoms with van der Waals surface area (Å²) in [7, 11) is -3.50. The molecule has 32 heavy (non-hydrogen) atoms. The number of carbonyl (C=O) groups excluding carboxylic acids is 1. The van der Waals surface area contributed by atoms with E-state index in [1.807, 2.05) is 39.0 Å². The van der Waals surface area contributed by atoms with E-state index in [0.717, 1.165) is 16.7 Å². The van der Waals surface area contributed by atoms with E-state index in [-0.39, 0.29) is 12.5 Å². The topological polar surface area (TPSA) is 75.7 Å². The number of nitrogens with zero attached hydrogens (tertiary/aromatic N) is 1. The minimum absolute atomic E-state index is 0.0352. The Balaban J connectivity index is 1.84. The largest absolute Gasteiger partial charge is 0.444 e. The van der Waals surface area contributed by atoms with Crippen LogP contribution in [0.3, 0.4) is 0 Å². The molecular weight excluding hydrogens is 424 g/mol. The summed E-state index contributed by atoms with van der Waals surface area (Å²) in [6, 6.07) is 18.0. The molecule has 1 aliphatic rings. The third-order valence-corrected chi connectivity index (χ3v) is 7.52. The van der Waals surface area contributed by atoms with Gasteiger partial charge in [0.1, 0.15) is 5.60 Å². The van der Waals surface area contributed by atoms with Crippen LogP contribution in [0, 0.1) is 0 Å². The molecule has 1 aliphatic heterocycles. The highest BCUT2D eigenvalue weighted by Crippen LogP contribution is 2.31. The van der Waals surface area contributed by atoms with Crippen LogP contribution in [-0.2, 0) is 14.8 Å². The average molecular weight is 459 g/mol. The van der Waals surface area contributed by atoms with Gasteiger partial charge in [0.25, 0.3) is 0 Å². The van der Waals surface area contributed by atoms with E-state index in [2.05, 4.69) is 41.1 Å². The number of likely N-dealkylation sites (tertiary alicyclic amines) is 1. The fourth-order valence-corrected chi connectivity index (χ4v) is 4.80. The van der Waals surface area contributed by atoms with Crippen molar-refractivity contribution in [2.24, 2.45) is 0 Å². The number of hydrogen-bond acceptors (Lipinski definition) is 4. The van der Waals surface area contributed by atoms with E-state index < -0.39 is 33.0 Å². The molecule has 1 heterocycles. The van der Waals surface area contributed by atoms with E-state index >= 15 is 0 Å². The number of benzene rings is 2. The first-order valence-electron chi connectivity index (χ1n) is 11.1. The van der Waals surface area contributed by atoms with Gasteiger partial charge in [-0.3, -0.25) is 0 Å². The molecular formula is C25H34N2O4S. The van der Waals surface area contributed by atoms with Gasteiger partial charge in [-0.25, -0.2) is 17.9 Å². The molecule has 1 amide bonds. The summed E-state index contributed by atoms with van der Waals surface area (Å²) < 4.78 is 33.7. The van der Waals surface area contributed by atoms with Crippen molar-refractivity contribution in [1.29, 1.82) is 0 Å². The highest BCUT2D eigenvalue weighted by molar-refractivity contribution is 7.90. The van der Waals surface area contributed by atoms with Crippen molar-refractivity contribution in [3.05, 3.63) is 60.2 Å². The van der Waals surface area contributed by atoms with Crippen LogP contribution in [0.15, 0.2) is 54.6 Å². The maximum Gasteiger partial charge on any atom is 0.410 e. The Labute approximate surface area is 192 Å². The molecule has 0 bridgehead atoms. The Morgan fingerprint density at radius 1 is 1.03 bits per heavy atom. The van der Waals surface area contributed by atoms with Crippen molar-refractivity contribution >= 4 is 16.1 Å². The van der Waals surface area contributed by atoms with Crippen LogP contribution in [0.2, 0.25) is 0 Å². The molecule has 0 aliphatic carbocycles. The predicted octanol–water partition coefficient (Wildman–Crippen LogP) is 4.77. The van der Waals surface area contributed by atoms with Crippen LogP contribution in [0.1, 0.15) is 52.5 Å². The summed E-state index contributed by atoms with van der Waals surface area (Å²) in [5.41, 5.74) is 2.70. The first-order chi connectivity index (χ1) is 15.0. The van der Waals surface area contributed by atoms with E-state index in [1.165, 1.54) is 0 Å². The smallest absolute Gasteiger partial charge is 0.410 e. The van der Waals surface area contributed by atoms with E-state index in [0.29, 0.717) is 13.0 Å². The predicted molar refractivity (Wildman–Crippen MR) is 128 cm³/mol. The highest BCUT2D eigenvalue weighted by Gasteiger charge is 2.37. The standard InChI is InChI=1S/C25H34N2O4S/c1-18(2)32(29,30)26-23-17-27(24(28)31-25(3,4)5)16-15-22(23)21-13-11-20(12-14-21)19-9-7-6-8-10-19/h6-14,18,22-23,26H,15-17H2,1-5H3/t22-,23+/m1/s1. The summed E-state index contributed by atoms with van der Waals surface area (Å²) in [6.07, 6.45) is 0.235. The van der Waals surface area contributed by atoms with Gasteiger partial charge in [0.05, 0.1) is 5.25 Å². The van der Waals surface area contributed by atoms with Crippen molar-refractivity contribution in [3.8, 4) is 11.1 Å². The van der Waals surface area contributed by atoms with E-state index in [1.54, 1.807) is 18.7 Å². The summed E-state index contributed by atoms with van der Waals surface area (Å²) in [5, 5.41) is -0.555. The third-order valence-electron chi connectivity index (χ3n) is 5.65. The van der Waals surface area contributed by atoms with Gasteiger partial charge in [-0.1, -0.05) is 54.6 Å². The van der Waals surface area contributed by atoms with Gasteiger partial charge in [-0.05, 0) is 57.7 Å². The van der Waals surface area contributed by atoms with Crippen LogP contribution in [0.4, 0.5) is 4.79 Å². The Morgan fingerprint density at radius 3 is 2.19 bits per heavy atom. The fraction of sp³-hybridized carbons (Fsp3) is 0.480. The van der Waals surface area contributed by atoms with Gasteiger partial charge in [0.2, 0.25) is 10.0 Å². The Bertz CT molecular complexity index is 1010. The lowest BCUT2D eigenvalue weighted by molar-refractivity contribution is 0.0180. The second-order valence-electron chi connectivity index (χ2n) is 9.63. The van der Waals surface area contributed by atoms with Gasteiger partial charge >= 0.3 is 6.09 Å². The van der Waals surface area contributed by atoms with Crippen molar-refractivity contribution in [3.63, 3.8) is 0 Å². The lowest BCUT2D eigenvalue weighted by Gasteiger charge is -2.39. The average Bonchev–Trinajstić information content (AvgIpc) is 2.73. The van der Waals surface area contributed by atoms with Crippen molar-refractivity contribution in [2.45, 2.75) is 63.9 Å². The maximum atomic E-state index is 12.7. The number of piperidine rings is 1. The maximum absolute atomic E-state index is 12.7. The molecule has 2 aromatic carbocycles.